The van der Waals surface area contributed by atoms with Gasteiger partial charge in [-0.2, -0.15) is 0 Å². The van der Waals surface area contributed by atoms with Crippen molar-refractivity contribution >= 4 is 39.1 Å². The van der Waals surface area contributed by atoms with Crippen molar-refractivity contribution in [2.75, 3.05) is 5.32 Å². The van der Waals surface area contributed by atoms with Gasteiger partial charge in [0.15, 0.2) is 0 Å². The summed E-state index contributed by atoms with van der Waals surface area (Å²) in [6.07, 6.45) is 2.87. The monoisotopic (exact) mass is 351 g/mol. The van der Waals surface area contributed by atoms with Crippen molar-refractivity contribution in [3.63, 3.8) is 0 Å². The molecular formula is C20H18ClN3O. The molecule has 3 N–H and O–H groups in total. The second-order valence-electron chi connectivity index (χ2n) is 6.09. The number of halogens is 1. The van der Waals surface area contributed by atoms with Gasteiger partial charge in [-0.3, -0.25) is 4.79 Å². The lowest BCUT2D eigenvalue weighted by atomic mass is 10.0. The van der Waals surface area contributed by atoms with E-state index in [0.29, 0.717) is 17.1 Å². The van der Waals surface area contributed by atoms with Gasteiger partial charge in [-0.1, -0.05) is 18.5 Å². The van der Waals surface area contributed by atoms with E-state index in [-0.39, 0.29) is 5.56 Å². The smallest absolute Gasteiger partial charge is 0.253 e. The molecule has 0 atom stereocenters. The molecule has 0 spiro atoms. The Balaban J connectivity index is 1.68. The van der Waals surface area contributed by atoms with Crippen molar-refractivity contribution in [2.45, 2.75) is 19.9 Å². The molecule has 126 valence electrons. The number of aromatic amines is 2. The third-order valence-corrected chi connectivity index (χ3v) is 4.79. The number of anilines is 1. The van der Waals surface area contributed by atoms with Crippen molar-refractivity contribution in [3.8, 4) is 0 Å². The van der Waals surface area contributed by atoms with E-state index in [1.54, 1.807) is 6.07 Å². The summed E-state index contributed by atoms with van der Waals surface area (Å²) in [5.74, 6) is 0. The van der Waals surface area contributed by atoms with E-state index in [0.717, 1.165) is 28.5 Å². The van der Waals surface area contributed by atoms with Gasteiger partial charge in [0, 0.05) is 50.8 Å². The van der Waals surface area contributed by atoms with Crippen LogP contribution in [0, 0.1) is 0 Å². The van der Waals surface area contributed by atoms with Gasteiger partial charge in [0.05, 0.1) is 0 Å². The predicted octanol–water partition coefficient (Wildman–Crippen LogP) is 4.84. The molecule has 0 saturated heterocycles. The quantitative estimate of drug-likeness (QED) is 0.493. The van der Waals surface area contributed by atoms with Gasteiger partial charge in [0.1, 0.15) is 0 Å². The fraction of sp³-hybridized carbons (Fsp3) is 0.150. The molecule has 25 heavy (non-hydrogen) atoms. The molecule has 0 amide bonds. The van der Waals surface area contributed by atoms with Crippen molar-refractivity contribution in [2.24, 2.45) is 0 Å². The zero-order chi connectivity index (χ0) is 17.4. The van der Waals surface area contributed by atoms with E-state index in [1.807, 2.05) is 24.4 Å². The second-order valence-corrected chi connectivity index (χ2v) is 6.53. The number of nitrogens with one attached hydrogen (secondary N) is 3. The Labute approximate surface area is 149 Å². The molecule has 4 aromatic rings. The number of fused-ring (bicyclic) bond motifs is 2. The highest BCUT2D eigenvalue weighted by Gasteiger charge is 2.08. The maximum absolute atomic E-state index is 12.3. The SMILES string of the molecule is CCc1c(NCc2cc3cc(Cl)ccc3[nH]c2=O)ccc2[nH]ccc12. The third-order valence-electron chi connectivity index (χ3n) is 4.55. The lowest BCUT2D eigenvalue weighted by Crippen LogP contribution is -2.16. The largest absolute Gasteiger partial charge is 0.381 e. The second kappa shape index (κ2) is 6.30. The molecule has 0 fully saturated rings. The molecule has 2 aromatic carbocycles. The lowest BCUT2D eigenvalue weighted by Gasteiger charge is -2.12. The number of pyridine rings is 1. The van der Waals surface area contributed by atoms with Crippen LogP contribution in [0.25, 0.3) is 21.8 Å². The van der Waals surface area contributed by atoms with Crippen LogP contribution >= 0.6 is 11.6 Å². The van der Waals surface area contributed by atoms with Gasteiger partial charge in [-0.05, 0) is 54.4 Å². The minimum atomic E-state index is -0.0805. The van der Waals surface area contributed by atoms with E-state index in [2.05, 4.69) is 40.4 Å². The first-order valence-corrected chi connectivity index (χ1v) is 8.68. The summed E-state index contributed by atoms with van der Waals surface area (Å²) in [5.41, 5.74) is 4.83. The molecule has 0 aliphatic heterocycles. The highest BCUT2D eigenvalue weighted by Crippen LogP contribution is 2.26. The fourth-order valence-electron chi connectivity index (χ4n) is 3.29. The van der Waals surface area contributed by atoms with E-state index >= 15 is 0 Å². The van der Waals surface area contributed by atoms with E-state index < -0.39 is 0 Å². The molecule has 0 saturated carbocycles. The molecule has 0 aliphatic rings. The van der Waals surface area contributed by atoms with E-state index in [1.165, 1.54) is 10.9 Å². The molecule has 0 bridgehead atoms. The summed E-state index contributed by atoms with van der Waals surface area (Å²) in [5, 5.41) is 6.22. The van der Waals surface area contributed by atoms with Gasteiger partial charge >= 0.3 is 0 Å². The standard InChI is InChI=1S/C20H18ClN3O/c1-2-15-16-7-8-22-19(16)6-5-18(15)23-11-13-9-12-10-14(21)3-4-17(12)24-20(13)25/h3-10,22-23H,2,11H2,1H3,(H,24,25). The highest BCUT2D eigenvalue weighted by molar-refractivity contribution is 6.31. The summed E-state index contributed by atoms with van der Waals surface area (Å²) in [4.78, 5) is 18.5. The Kier molecular flexibility index (Phi) is 3.98. The molecule has 4 rings (SSSR count). The summed E-state index contributed by atoms with van der Waals surface area (Å²) in [7, 11) is 0. The summed E-state index contributed by atoms with van der Waals surface area (Å²) >= 11 is 6.06. The topological polar surface area (TPSA) is 60.7 Å². The normalized spacial score (nSPS) is 11.3. The fourth-order valence-corrected chi connectivity index (χ4v) is 3.47. The first-order valence-electron chi connectivity index (χ1n) is 8.30. The minimum absolute atomic E-state index is 0.0805. The molecule has 2 heterocycles. The number of aromatic nitrogens is 2. The van der Waals surface area contributed by atoms with Crippen LogP contribution in [0.2, 0.25) is 5.02 Å². The maximum Gasteiger partial charge on any atom is 0.253 e. The van der Waals surface area contributed by atoms with Gasteiger partial charge < -0.3 is 15.3 Å². The number of rotatable bonds is 4. The Morgan fingerprint density at radius 1 is 1.08 bits per heavy atom. The van der Waals surface area contributed by atoms with Crippen LogP contribution in [0.4, 0.5) is 5.69 Å². The van der Waals surface area contributed by atoms with E-state index in [4.69, 9.17) is 11.6 Å². The van der Waals surface area contributed by atoms with Crippen molar-refractivity contribution in [3.05, 3.63) is 75.2 Å². The highest BCUT2D eigenvalue weighted by atomic mass is 35.5. The molecule has 0 unspecified atom stereocenters. The molecule has 2 aromatic heterocycles. The summed E-state index contributed by atoms with van der Waals surface area (Å²) in [6, 6.07) is 13.6. The zero-order valence-electron chi connectivity index (χ0n) is 13.8. The average molecular weight is 352 g/mol. The van der Waals surface area contributed by atoms with Gasteiger partial charge in [-0.15, -0.1) is 0 Å². The first kappa shape index (κ1) is 15.8. The molecule has 0 aliphatic carbocycles. The number of H-pyrrole nitrogens is 2. The van der Waals surface area contributed by atoms with Crippen LogP contribution in [0.3, 0.4) is 0 Å². The van der Waals surface area contributed by atoms with Crippen molar-refractivity contribution in [1.82, 2.24) is 9.97 Å². The van der Waals surface area contributed by atoms with Crippen LogP contribution < -0.4 is 10.9 Å². The van der Waals surface area contributed by atoms with Gasteiger partial charge in [0.25, 0.3) is 5.56 Å². The number of hydrogen-bond acceptors (Lipinski definition) is 2. The molecular weight excluding hydrogens is 334 g/mol. The minimum Gasteiger partial charge on any atom is -0.381 e. The summed E-state index contributed by atoms with van der Waals surface area (Å²) < 4.78 is 0. The van der Waals surface area contributed by atoms with E-state index in [9.17, 15) is 4.79 Å². The Bertz CT molecular complexity index is 1130. The average Bonchev–Trinajstić information content (AvgIpc) is 3.08. The molecule has 0 radical (unpaired) electrons. The molecule has 4 nitrogen and oxygen atoms in total. The molecule has 5 heteroatoms. The summed E-state index contributed by atoms with van der Waals surface area (Å²) in [6.45, 7) is 2.60. The maximum atomic E-state index is 12.3. The number of hydrogen-bond donors (Lipinski definition) is 3. The number of benzene rings is 2. The third kappa shape index (κ3) is 2.89. The van der Waals surface area contributed by atoms with Crippen molar-refractivity contribution < 1.29 is 0 Å². The Hall–Kier alpha value is -2.72. The van der Waals surface area contributed by atoms with Crippen LogP contribution in [0.15, 0.2) is 53.5 Å². The Morgan fingerprint density at radius 2 is 1.92 bits per heavy atom. The number of aryl methyl sites for hydroxylation is 1. The van der Waals surface area contributed by atoms with Gasteiger partial charge in [0.2, 0.25) is 0 Å². The van der Waals surface area contributed by atoms with Crippen LogP contribution in [-0.2, 0) is 13.0 Å². The first-order chi connectivity index (χ1) is 12.2. The Morgan fingerprint density at radius 3 is 2.76 bits per heavy atom. The lowest BCUT2D eigenvalue weighted by molar-refractivity contribution is 1.07. The predicted molar refractivity (Wildman–Crippen MR) is 105 cm³/mol. The van der Waals surface area contributed by atoms with Gasteiger partial charge in [-0.25, -0.2) is 0 Å². The van der Waals surface area contributed by atoms with Crippen LogP contribution in [0.1, 0.15) is 18.1 Å². The van der Waals surface area contributed by atoms with Crippen molar-refractivity contribution in [1.29, 1.82) is 0 Å². The zero-order valence-corrected chi connectivity index (χ0v) is 14.6. The van der Waals surface area contributed by atoms with Crippen LogP contribution in [-0.4, -0.2) is 9.97 Å². The van der Waals surface area contributed by atoms with Crippen LogP contribution in [0.5, 0.6) is 0 Å².